The zero-order chi connectivity index (χ0) is 9.64. The Balaban J connectivity index is 2.32. The fourth-order valence-corrected chi connectivity index (χ4v) is 1.18. The highest BCUT2D eigenvalue weighted by molar-refractivity contribution is 5.76. The van der Waals surface area contributed by atoms with Crippen LogP contribution in [0.1, 0.15) is 6.42 Å². The van der Waals surface area contributed by atoms with Crippen LogP contribution in [0.3, 0.4) is 0 Å². The molecule has 14 heavy (non-hydrogen) atoms. The molecule has 0 N–H and O–H groups in total. The topological polar surface area (TPSA) is 24.7 Å². The minimum atomic E-state index is 0.787. The third-order valence-electron chi connectivity index (χ3n) is 1.84. The Labute approximate surface area is 83.1 Å². The molecule has 0 fully saturated rings. The van der Waals surface area contributed by atoms with Gasteiger partial charge in [-0.25, -0.2) is 4.99 Å². The summed E-state index contributed by atoms with van der Waals surface area (Å²) in [6, 6.07) is 0. The first-order valence-corrected chi connectivity index (χ1v) is 4.52. The Morgan fingerprint density at radius 3 is 3.00 bits per heavy atom. The highest BCUT2D eigenvalue weighted by atomic mass is 14.8. The highest BCUT2D eigenvalue weighted by Crippen LogP contribution is 2.14. The summed E-state index contributed by atoms with van der Waals surface area (Å²) in [6.45, 7) is 0. The van der Waals surface area contributed by atoms with E-state index in [4.69, 9.17) is 0 Å². The summed E-state index contributed by atoms with van der Waals surface area (Å²) in [4.78, 5) is 8.52. The van der Waals surface area contributed by atoms with Crippen LogP contribution >= 0.6 is 0 Å². The van der Waals surface area contributed by atoms with Gasteiger partial charge in [-0.05, 0) is 24.6 Å². The second kappa shape index (κ2) is 4.35. The average Bonchev–Trinajstić information content (AvgIpc) is 2.62. The summed E-state index contributed by atoms with van der Waals surface area (Å²) >= 11 is 0. The molecule has 0 aromatic heterocycles. The van der Waals surface area contributed by atoms with Crippen molar-refractivity contribution in [1.29, 1.82) is 0 Å². The summed E-state index contributed by atoms with van der Waals surface area (Å²) in [5, 5.41) is 0. The van der Waals surface area contributed by atoms with E-state index in [2.05, 4.69) is 21.8 Å². The van der Waals surface area contributed by atoms with Crippen molar-refractivity contribution in [2.45, 2.75) is 6.42 Å². The molecule has 0 saturated heterocycles. The van der Waals surface area contributed by atoms with Crippen molar-refractivity contribution in [3.63, 3.8) is 0 Å². The predicted molar refractivity (Wildman–Crippen MR) is 59.6 cm³/mol. The molecular formula is C12H10N2. The Morgan fingerprint density at radius 2 is 2.00 bits per heavy atom. The van der Waals surface area contributed by atoms with Crippen LogP contribution < -0.4 is 0 Å². The maximum atomic E-state index is 4.28. The minimum Gasteiger partial charge on any atom is -0.254 e. The molecule has 0 spiro atoms. The summed E-state index contributed by atoms with van der Waals surface area (Å²) < 4.78 is 0. The lowest BCUT2D eigenvalue weighted by atomic mass is 10.2. The number of rotatable bonds is 1. The Hall–Kier alpha value is -1.92. The summed E-state index contributed by atoms with van der Waals surface area (Å²) in [6.07, 6.45) is 16.1. The molecule has 0 aromatic rings. The summed E-state index contributed by atoms with van der Waals surface area (Å²) in [5.74, 6) is 0. The molecule has 0 aliphatic carbocycles. The van der Waals surface area contributed by atoms with Gasteiger partial charge in [0.25, 0.3) is 0 Å². The standard InChI is InChI=1S/C12H10N2/c1-3-7-11(13-9-5-1)12-8-4-2-6-10-14-12/h1-3,5-6,8-10H,4H2. The summed E-state index contributed by atoms with van der Waals surface area (Å²) in [5.41, 5.74) is 4.74. The van der Waals surface area contributed by atoms with Gasteiger partial charge in [0.15, 0.2) is 0 Å². The fraction of sp³-hybridized carbons (Fsp3) is 0.0833. The number of aliphatic imine (C=N–C) groups is 2. The molecule has 0 bridgehead atoms. The van der Waals surface area contributed by atoms with Gasteiger partial charge in [0, 0.05) is 12.4 Å². The first-order chi connectivity index (χ1) is 6.97. The molecule has 0 radical (unpaired) electrons. The van der Waals surface area contributed by atoms with E-state index in [9.17, 15) is 0 Å². The quantitative estimate of drug-likeness (QED) is 0.557. The van der Waals surface area contributed by atoms with Crippen LogP contribution in [0.15, 0.2) is 63.6 Å². The second-order valence-electron chi connectivity index (χ2n) is 2.85. The van der Waals surface area contributed by atoms with Crippen molar-refractivity contribution in [2.24, 2.45) is 9.98 Å². The fourth-order valence-electron chi connectivity index (χ4n) is 1.18. The molecule has 2 rings (SSSR count). The lowest BCUT2D eigenvalue weighted by Gasteiger charge is -1.96. The van der Waals surface area contributed by atoms with Crippen LogP contribution in [-0.4, -0.2) is 12.4 Å². The third-order valence-corrected chi connectivity index (χ3v) is 1.84. The lowest BCUT2D eigenvalue weighted by molar-refractivity contribution is 1.22. The molecule has 2 heterocycles. The molecular weight excluding hydrogens is 172 g/mol. The molecule has 0 amide bonds. The monoisotopic (exact) mass is 182 g/mol. The lowest BCUT2D eigenvalue weighted by Crippen LogP contribution is -1.82. The van der Waals surface area contributed by atoms with Crippen LogP contribution in [0, 0.1) is 0 Å². The van der Waals surface area contributed by atoms with E-state index in [1.54, 1.807) is 12.4 Å². The van der Waals surface area contributed by atoms with Gasteiger partial charge in [0.1, 0.15) is 5.70 Å². The molecule has 2 heteroatoms. The molecule has 0 saturated carbocycles. The van der Waals surface area contributed by atoms with Gasteiger partial charge in [-0.2, -0.15) is 0 Å². The highest BCUT2D eigenvalue weighted by Gasteiger charge is 2.01. The molecule has 0 atom stereocenters. The van der Waals surface area contributed by atoms with Gasteiger partial charge in [0.05, 0.1) is 5.70 Å². The molecule has 2 nitrogen and oxygen atoms in total. The largest absolute Gasteiger partial charge is 0.254 e. The minimum absolute atomic E-state index is 0.787. The molecule has 68 valence electrons. The van der Waals surface area contributed by atoms with E-state index in [-0.39, 0.29) is 0 Å². The van der Waals surface area contributed by atoms with Gasteiger partial charge < -0.3 is 0 Å². The van der Waals surface area contributed by atoms with Gasteiger partial charge in [-0.1, -0.05) is 24.0 Å². The molecule has 2 aliphatic heterocycles. The third kappa shape index (κ3) is 2.06. The van der Waals surface area contributed by atoms with Gasteiger partial charge in [0.2, 0.25) is 0 Å². The number of hydrogen-bond acceptors (Lipinski definition) is 2. The number of allylic oxidation sites excluding steroid dienone is 5. The first kappa shape index (κ1) is 8.67. The van der Waals surface area contributed by atoms with E-state index in [0.717, 1.165) is 17.8 Å². The van der Waals surface area contributed by atoms with E-state index in [0.29, 0.717) is 0 Å². The normalized spacial score (nSPS) is 18.9. The Bertz CT molecular complexity index is 425. The van der Waals surface area contributed by atoms with E-state index >= 15 is 0 Å². The van der Waals surface area contributed by atoms with Crippen LogP contribution in [0.5, 0.6) is 0 Å². The molecule has 2 aliphatic rings. The van der Waals surface area contributed by atoms with Gasteiger partial charge in [-0.15, -0.1) is 0 Å². The van der Waals surface area contributed by atoms with Crippen LogP contribution in [-0.2, 0) is 0 Å². The average molecular weight is 182 g/mol. The first-order valence-electron chi connectivity index (χ1n) is 4.52. The van der Waals surface area contributed by atoms with Crippen molar-refractivity contribution in [3.8, 4) is 0 Å². The van der Waals surface area contributed by atoms with E-state index in [1.165, 1.54) is 0 Å². The van der Waals surface area contributed by atoms with Crippen LogP contribution in [0.4, 0.5) is 0 Å². The van der Waals surface area contributed by atoms with Gasteiger partial charge in [-0.3, -0.25) is 4.99 Å². The number of hydrogen-bond donors (Lipinski definition) is 0. The smallest absolute Gasteiger partial charge is 0.130 e. The van der Waals surface area contributed by atoms with Crippen LogP contribution in [0.2, 0.25) is 0 Å². The SMILES string of the molecule is C1=CC=CC=NC=1C1=CCC=CC=N1. The predicted octanol–water partition coefficient (Wildman–Crippen LogP) is 2.58. The summed E-state index contributed by atoms with van der Waals surface area (Å²) in [7, 11) is 0. The van der Waals surface area contributed by atoms with E-state index in [1.807, 2.05) is 30.4 Å². The van der Waals surface area contributed by atoms with Crippen molar-refractivity contribution in [1.82, 2.24) is 0 Å². The zero-order valence-corrected chi connectivity index (χ0v) is 7.72. The Morgan fingerprint density at radius 1 is 1.07 bits per heavy atom. The molecule has 0 unspecified atom stereocenters. The maximum Gasteiger partial charge on any atom is 0.130 e. The second-order valence-corrected chi connectivity index (χ2v) is 2.85. The van der Waals surface area contributed by atoms with Crippen LogP contribution in [0.25, 0.3) is 0 Å². The maximum absolute atomic E-state index is 4.28. The molecule has 0 aromatic carbocycles. The Kier molecular flexibility index (Phi) is 2.70. The van der Waals surface area contributed by atoms with E-state index < -0.39 is 0 Å². The van der Waals surface area contributed by atoms with Crippen molar-refractivity contribution in [2.75, 3.05) is 0 Å². The number of nitrogens with zero attached hydrogens (tertiary/aromatic N) is 2. The van der Waals surface area contributed by atoms with Crippen molar-refractivity contribution in [3.05, 3.63) is 53.6 Å². The van der Waals surface area contributed by atoms with Crippen molar-refractivity contribution < 1.29 is 0 Å². The zero-order valence-electron chi connectivity index (χ0n) is 7.72. The van der Waals surface area contributed by atoms with Gasteiger partial charge >= 0.3 is 0 Å². The van der Waals surface area contributed by atoms with Crippen molar-refractivity contribution >= 4 is 12.4 Å².